The van der Waals surface area contributed by atoms with Crippen molar-refractivity contribution in [3.8, 4) is 11.3 Å². The summed E-state index contributed by atoms with van der Waals surface area (Å²) in [4.78, 5) is 16.1. The largest absolute Gasteiger partial charge is 0.375 e. The van der Waals surface area contributed by atoms with Crippen molar-refractivity contribution in [3.05, 3.63) is 58.1 Å². The highest BCUT2D eigenvalue weighted by Gasteiger charge is 2.28. The molecule has 1 aliphatic heterocycles. The van der Waals surface area contributed by atoms with E-state index in [1.165, 1.54) is 7.05 Å². The van der Waals surface area contributed by atoms with Gasteiger partial charge in [0.05, 0.1) is 35.2 Å². The molecular formula is C20H18ClF3N4O2. The second kappa shape index (κ2) is 8.25. The van der Waals surface area contributed by atoms with Gasteiger partial charge in [-0.05, 0) is 12.1 Å². The number of benzene rings is 1. The number of imidazole rings is 1. The van der Waals surface area contributed by atoms with E-state index >= 15 is 0 Å². The first kappa shape index (κ1) is 20.6. The van der Waals surface area contributed by atoms with Gasteiger partial charge in [0.1, 0.15) is 11.5 Å². The zero-order chi connectivity index (χ0) is 21.4. The number of pyridine rings is 1. The van der Waals surface area contributed by atoms with E-state index < -0.39 is 34.5 Å². The molecule has 1 aromatic carbocycles. The fraction of sp³-hybridized carbons (Fsp3) is 0.300. The fourth-order valence-electron chi connectivity index (χ4n) is 3.54. The molecule has 2 aromatic heterocycles. The molecule has 0 radical (unpaired) electrons. The van der Waals surface area contributed by atoms with E-state index in [0.29, 0.717) is 42.1 Å². The van der Waals surface area contributed by atoms with Crippen molar-refractivity contribution in [3.63, 3.8) is 0 Å². The Morgan fingerprint density at radius 1 is 1.37 bits per heavy atom. The Hall–Kier alpha value is -2.62. The first-order valence-corrected chi connectivity index (χ1v) is 9.67. The van der Waals surface area contributed by atoms with Crippen molar-refractivity contribution in [2.24, 2.45) is 0 Å². The molecule has 2 N–H and O–H groups in total. The number of hydrogen-bond acceptors (Lipinski definition) is 4. The van der Waals surface area contributed by atoms with Gasteiger partial charge >= 0.3 is 0 Å². The third-order valence-corrected chi connectivity index (χ3v) is 5.21. The zero-order valence-corrected chi connectivity index (χ0v) is 16.7. The highest BCUT2D eigenvalue weighted by atomic mass is 35.5. The molecule has 158 valence electrons. The number of rotatable bonds is 4. The van der Waals surface area contributed by atoms with Crippen LogP contribution < -0.4 is 10.6 Å². The van der Waals surface area contributed by atoms with Crippen LogP contribution in [0.1, 0.15) is 16.1 Å². The number of nitrogens with one attached hydrogen (secondary N) is 2. The zero-order valence-electron chi connectivity index (χ0n) is 15.9. The molecule has 1 atom stereocenters. The van der Waals surface area contributed by atoms with Gasteiger partial charge in [0, 0.05) is 43.8 Å². The minimum Gasteiger partial charge on any atom is -0.375 e. The number of morpholine rings is 1. The molecule has 10 heteroatoms. The van der Waals surface area contributed by atoms with E-state index in [-0.39, 0.29) is 18.2 Å². The van der Waals surface area contributed by atoms with E-state index in [9.17, 15) is 18.0 Å². The lowest BCUT2D eigenvalue weighted by Crippen LogP contribution is -2.39. The van der Waals surface area contributed by atoms with E-state index in [2.05, 4.69) is 15.6 Å². The number of ether oxygens (including phenoxy) is 1. The third kappa shape index (κ3) is 3.64. The molecule has 0 saturated carbocycles. The van der Waals surface area contributed by atoms with Gasteiger partial charge in [-0.2, -0.15) is 0 Å². The van der Waals surface area contributed by atoms with Crippen LogP contribution in [0.4, 0.5) is 13.2 Å². The number of fused-ring (bicyclic) bond motifs is 1. The highest BCUT2D eigenvalue weighted by molar-refractivity contribution is 6.30. The summed E-state index contributed by atoms with van der Waals surface area (Å²) in [5.74, 6) is -4.94. The Balaban J connectivity index is 1.91. The fourth-order valence-corrected chi connectivity index (χ4v) is 3.70. The Bertz CT molecular complexity index is 1130. The first-order chi connectivity index (χ1) is 14.4. The number of amides is 1. The van der Waals surface area contributed by atoms with Gasteiger partial charge in [0.25, 0.3) is 5.91 Å². The molecule has 0 aliphatic carbocycles. The molecule has 1 amide bonds. The lowest BCUT2D eigenvalue weighted by atomic mass is 10.0. The molecule has 6 nitrogen and oxygen atoms in total. The molecule has 0 spiro atoms. The maximum Gasteiger partial charge on any atom is 0.254 e. The molecule has 1 saturated heterocycles. The molecular weight excluding hydrogens is 421 g/mol. The minimum atomic E-state index is -1.48. The summed E-state index contributed by atoms with van der Waals surface area (Å²) in [5.41, 5.74) is -0.627. The van der Waals surface area contributed by atoms with Crippen molar-refractivity contribution >= 4 is 23.2 Å². The molecule has 0 bridgehead atoms. The molecule has 30 heavy (non-hydrogen) atoms. The van der Waals surface area contributed by atoms with Crippen molar-refractivity contribution in [1.29, 1.82) is 0 Å². The Morgan fingerprint density at radius 2 is 2.17 bits per heavy atom. The summed E-state index contributed by atoms with van der Waals surface area (Å²) in [7, 11) is 1.24. The van der Waals surface area contributed by atoms with Gasteiger partial charge in [0.2, 0.25) is 0 Å². The van der Waals surface area contributed by atoms with Gasteiger partial charge in [0.15, 0.2) is 11.6 Å². The van der Waals surface area contributed by atoms with Crippen molar-refractivity contribution in [1.82, 2.24) is 20.0 Å². The maximum absolute atomic E-state index is 15.0. The maximum atomic E-state index is 15.0. The summed E-state index contributed by atoms with van der Waals surface area (Å²) in [6.45, 7) is 1.76. The smallest absolute Gasteiger partial charge is 0.254 e. The Morgan fingerprint density at radius 3 is 2.87 bits per heavy atom. The standard InChI is InChI=1S/C20H18ClF3N4O2/c1-25-20(29)12-8-13(22)16(18(24)17(12)23)19-14(7-11-9-26-3-5-30-11)28-4-2-10(21)6-15(28)27-19/h2,4,6,8,11,26H,3,5,7,9H2,1H3,(H,25,29)/t11-/m0/s1. The molecule has 3 aromatic rings. The van der Waals surface area contributed by atoms with Crippen LogP contribution in [-0.4, -0.2) is 48.1 Å². The summed E-state index contributed by atoms with van der Waals surface area (Å²) >= 11 is 6.04. The number of halogens is 4. The van der Waals surface area contributed by atoms with Crippen molar-refractivity contribution in [2.75, 3.05) is 26.7 Å². The molecule has 0 unspecified atom stereocenters. The van der Waals surface area contributed by atoms with Crippen LogP contribution in [0.15, 0.2) is 24.4 Å². The lowest BCUT2D eigenvalue weighted by Gasteiger charge is -2.24. The lowest BCUT2D eigenvalue weighted by molar-refractivity contribution is 0.0286. The number of carbonyl (C=O) groups is 1. The topological polar surface area (TPSA) is 67.7 Å². The molecule has 1 aliphatic rings. The van der Waals surface area contributed by atoms with E-state index in [1.54, 1.807) is 22.7 Å². The van der Waals surface area contributed by atoms with E-state index in [4.69, 9.17) is 16.3 Å². The molecule has 1 fully saturated rings. The SMILES string of the molecule is CNC(=O)c1cc(F)c(-c2nc3cc(Cl)ccn3c2C[C@H]2CNCCO2)c(F)c1F. The van der Waals surface area contributed by atoms with E-state index in [1.807, 2.05) is 0 Å². The van der Waals surface area contributed by atoms with Crippen LogP contribution >= 0.6 is 11.6 Å². The van der Waals surface area contributed by atoms with Crippen LogP contribution in [0.5, 0.6) is 0 Å². The first-order valence-electron chi connectivity index (χ1n) is 9.29. The van der Waals surface area contributed by atoms with Gasteiger partial charge in [-0.15, -0.1) is 0 Å². The minimum absolute atomic E-state index is 0.0659. The quantitative estimate of drug-likeness (QED) is 0.615. The summed E-state index contributed by atoms with van der Waals surface area (Å²) in [6, 6.07) is 3.83. The molecule has 4 rings (SSSR count). The second-order valence-electron chi connectivity index (χ2n) is 6.87. The van der Waals surface area contributed by atoms with Gasteiger partial charge < -0.3 is 19.8 Å². The average Bonchev–Trinajstić information content (AvgIpc) is 3.07. The predicted molar refractivity (Wildman–Crippen MR) is 105 cm³/mol. The van der Waals surface area contributed by atoms with Gasteiger partial charge in [-0.25, -0.2) is 18.2 Å². The third-order valence-electron chi connectivity index (χ3n) is 4.98. The van der Waals surface area contributed by atoms with Crippen molar-refractivity contribution in [2.45, 2.75) is 12.5 Å². The number of aromatic nitrogens is 2. The van der Waals surface area contributed by atoms with Gasteiger partial charge in [-0.1, -0.05) is 11.6 Å². The van der Waals surface area contributed by atoms with Crippen molar-refractivity contribution < 1.29 is 22.7 Å². The molecule has 3 heterocycles. The monoisotopic (exact) mass is 438 g/mol. The summed E-state index contributed by atoms with van der Waals surface area (Å²) < 4.78 is 51.8. The average molecular weight is 439 g/mol. The van der Waals surface area contributed by atoms with Crippen LogP contribution in [-0.2, 0) is 11.2 Å². The van der Waals surface area contributed by atoms with Gasteiger partial charge in [-0.3, -0.25) is 4.79 Å². The Labute approximate surface area is 175 Å². The number of hydrogen-bond donors (Lipinski definition) is 2. The highest BCUT2D eigenvalue weighted by Crippen LogP contribution is 2.33. The Kier molecular flexibility index (Phi) is 5.68. The number of carbonyl (C=O) groups excluding carboxylic acids is 1. The summed E-state index contributed by atoms with van der Waals surface area (Å²) in [5, 5.41) is 5.74. The van der Waals surface area contributed by atoms with Crippen LogP contribution in [0.25, 0.3) is 16.9 Å². The van der Waals surface area contributed by atoms with E-state index in [0.717, 1.165) is 0 Å². The second-order valence-corrected chi connectivity index (χ2v) is 7.31. The number of nitrogens with zero attached hydrogens (tertiary/aromatic N) is 2. The van der Waals surface area contributed by atoms with Crippen LogP contribution in [0.3, 0.4) is 0 Å². The predicted octanol–water partition coefficient (Wildman–Crippen LogP) is 2.96. The van der Waals surface area contributed by atoms with Crippen LogP contribution in [0.2, 0.25) is 5.02 Å². The van der Waals surface area contributed by atoms with Crippen LogP contribution in [0, 0.1) is 17.5 Å². The summed E-state index contributed by atoms with van der Waals surface area (Å²) in [6.07, 6.45) is 1.65. The normalized spacial score (nSPS) is 16.8.